The molecular formula is C15H12INO4. The number of carboxylic acids is 1. The van der Waals surface area contributed by atoms with Crippen molar-refractivity contribution in [3.8, 4) is 5.75 Å². The second-order valence-electron chi connectivity index (χ2n) is 4.17. The fourth-order valence-electron chi connectivity index (χ4n) is 1.57. The van der Waals surface area contributed by atoms with Crippen molar-refractivity contribution in [3.05, 3.63) is 57.7 Å². The van der Waals surface area contributed by atoms with Gasteiger partial charge in [-0.15, -0.1) is 0 Å². The maximum absolute atomic E-state index is 11.7. The first-order chi connectivity index (χ1) is 10.0. The van der Waals surface area contributed by atoms with Gasteiger partial charge in [-0.3, -0.25) is 4.79 Å². The predicted octanol–water partition coefficient (Wildman–Crippen LogP) is 3.01. The van der Waals surface area contributed by atoms with Crippen LogP contribution in [0.25, 0.3) is 0 Å². The minimum atomic E-state index is -1.00. The molecule has 0 atom stereocenters. The number of aromatic carboxylic acids is 1. The molecule has 0 fully saturated rings. The molecule has 0 aromatic heterocycles. The summed E-state index contributed by atoms with van der Waals surface area (Å²) in [6.45, 7) is -0.110. The quantitative estimate of drug-likeness (QED) is 0.761. The molecule has 5 nitrogen and oxygen atoms in total. The maximum atomic E-state index is 11.7. The Labute approximate surface area is 135 Å². The van der Waals surface area contributed by atoms with Crippen LogP contribution in [0.3, 0.4) is 0 Å². The van der Waals surface area contributed by atoms with Crippen molar-refractivity contribution in [2.45, 2.75) is 0 Å². The number of benzene rings is 2. The van der Waals surface area contributed by atoms with Crippen LogP contribution in [0.4, 0.5) is 5.69 Å². The van der Waals surface area contributed by atoms with Crippen molar-refractivity contribution in [1.29, 1.82) is 0 Å². The van der Waals surface area contributed by atoms with Gasteiger partial charge < -0.3 is 15.2 Å². The zero-order valence-electron chi connectivity index (χ0n) is 10.9. The van der Waals surface area contributed by atoms with E-state index in [4.69, 9.17) is 9.84 Å². The molecule has 1 amide bonds. The summed E-state index contributed by atoms with van der Waals surface area (Å²) in [6.07, 6.45) is 0. The van der Waals surface area contributed by atoms with Crippen molar-refractivity contribution < 1.29 is 19.4 Å². The molecule has 2 aromatic carbocycles. The number of hydrogen-bond acceptors (Lipinski definition) is 3. The van der Waals surface area contributed by atoms with Gasteiger partial charge >= 0.3 is 5.97 Å². The van der Waals surface area contributed by atoms with Crippen LogP contribution in [0.5, 0.6) is 5.75 Å². The zero-order valence-corrected chi connectivity index (χ0v) is 13.0. The molecule has 21 heavy (non-hydrogen) atoms. The molecule has 0 bridgehead atoms. The largest absolute Gasteiger partial charge is 0.484 e. The van der Waals surface area contributed by atoms with Gasteiger partial charge in [-0.05, 0) is 71.1 Å². The van der Waals surface area contributed by atoms with Crippen molar-refractivity contribution in [1.82, 2.24) is 0 Å². The Balaban J connectivity index is 1.86. The Morgan fingerprint density at radius 3 is 2.24 bits per heavy atom. The van der Waals surface area contributed by atoms with E-state index in [1.807, 2.05) is 12.1 Å². The smallest absolute Gasteiger partial charge is 0.335 e. The van der Waals surface area contributed by atoms with Crippen LogP contribution in [0.2, 0.25) is 0 Å². The van der Waals surface area contributed by atoms with Gasteiger partial charge in [0.2, 0.25) is 0 Å². The van der Waals surface area contributed by atoms with E-state index in [9.17, 15) is 9.59 Å². The molecule has 0 radical (unpaired) electrons. The van der Waals surface area contributed by atoms with Crippen LogP contribution in [0.1, 0.15) is 10.4 Å². The zero-order chi connectivity index (χ0) is 15.2. The molecule has 0 aliphatic heterocycles. The number of carboxylic acid groups (broad SMARTS) is 1. The SMILES string of the molecule is O=C(COc1ccc(I)cc1)Nc1ccc(C(=O)O)cc1. The monoisotopic (exact) mass is 397 g/mol. The molecule has 0 aliphatic rings. The summed E-state index contributed by atoms with van der Waals surface area (Å²) >= 11 is 2.18. The third-order valence-electron chi connectivity index (χ3n) is 2.60. The average Bonchev–Trinajstić information content (AvgIpc) is 2.47. The van der Waals surface area contributed by atoms with E-state index < -0.39 is 5.97 Å². The van der Waals surface area contributed by atoms with Gasteiger partial charge in [0.05, 0.1) is 5.56 Å². The summed E-state index contributed by atoms with van der Waals surface area (Å²) < 4.78 is 6.43. The maximum Gasteiger partial charge on any atom is 0.335 e. The van der Waals surface area contributed by atoms with E-state index in [0.29, 0.717) is 11.4 Å². The van der Waals surface area contributed by atoms with Gasteiger partial charge in [-0.2, -0.15) is 0 Å². The molecule has 6 heteroatoms. The van der Waals surface area contributed by atoms with Crippen LogP contribution in [0, 0.1) is 3.57 Å². The molecule has 2 aromatic rings. The van der Waals surface area contributed by atoms with Crippen molar-refractivity contribution in [2.75, 3.05) is 11.9 Å². The van der Waals surface area contributed by atoms with E-state index >= 15 is 0 Å². The van der Waals surface area contributed by atoms with E-state index in [1.165, 1.54) is 24.3 Å². The van der Waals surface area contributed by atoms with E-state index in [1.54, 1.807) is 12.1 Å². The molecule has 0 aliphatic carbocycles. The molecule has 0 spiro atoms. The number of ether oxygens (including phenoxy) is 1. The van der Waals surface area contributed by atoms with E-state index in [0.717, 1.165) is 3.57 Å². The Hall–Kier alpha value is -2.09. The number of amides is 1. The number of carbonyl (C=O) groups is 2. The highest BCUT2D eigenvalue weighted by molar-refractivity contribution is 14.1. The highest BCUT2D eigenvalue weighted by Gasteiger charge is 2.05. The molecule has 0 heterocycles. The summed E-state index contributed by atoms with van der Waals surface area (Å²) in [5, 5.41) is 11.4. The standard InChI is InChI=1S/C15H12INO4/c16-11-3-7-13(8-4-11)21-9-14(18)17-12-5-1-10(2-6-12)15(19)20/h1-8H,9H2,(H,17,18)(H,19,20). The summed E-state index contributed by atoms with van der Waals surface area (Å²) in [7, 11) is 0. The molecule has 108 valence electrons. The number of carbonyl (C=O) groups excluding carboxylic acids is 1. The lowest BCUT2D eigenvalue weighted by Crippen LogP contribution is -2.20. The van der Waals surface area contributed by atoms with Crippen molar-refractivity contribution in [3.63, 3.8) is 0 Å². The average molecular weight is 397 g/mol. The summed E-state index contributed by atoms with van der Waals surface area (Å²) in [5.41, 5.74) is 0.694. The number of anilines is 1. The highest BCUT2D eigenvalue weighted by Crippen LogP contribution is 2.14. The van der Waals surface area contributed by atoms with Gasteiger partial charge in [-0.25, -0.2) is 4.79 Å². The van der Waals surface area contributed by atoms with E-state index in [-0.39, 0.29) is 18.1 Å². The first-order valence-corrected chi connectivity index (χ1v) is 7.14. The molecule has 2 N–H and O–H groups in total. The Morgan fingerprint density at radius 1 is 1.05 bits per heavy atom. The van der Waals surface area contributed by atoms with E-state index in [2.05, 4.69) is 27.9 Å². The molecule has 0 unspecified atom stereocenters. The minimum Gasteiger partial charge on any atom is -0.484 e. The van der Waals surface area contributed by atoms with Gasteiger partial charge in [0, 0.05) is 9.26 Å². The number of hydrogen-bond donors (Lipinski definition) is 2. The lowest BCUT2D eigenvalue weighted by atomic mass is 10.2. The fourth-order valence-corrected chi connectivity index (χ4v) is 1.93. The summed E-state index contributed by atoms with van der Waals surface area (Å²) in [6, 6.07) is 13.3. The summed E-state index contributed by atoms with van der Waals surface area (Å²) in [5.74, 6) is -0.696. The number of halogens is 1. The second-order valence-corrected chi connectivity index (χ2v) is 5.42. The van der Waals surface area contributed by atoms with Crippen LogP contribution >= 0.6 is 22.6 Å². The number of rotatable bonds is 5. The van der Waals surface area contributed by atoms with Gasteiger partial charge in [0.15, 0.2) is 6.61 Å². The van der Waals surface area contributed by atoms with Crippen LogP contribution in [-0.4, -0.2) is 23.6 Å². The normalized spacial score (nSPS) is 9.95. The van der Waals surface area contributed by atoms with Crippen molar-refractivity contribution >= 4 is 40.2 Å². The van der Waals surface area contributed by atoms with Crippen LogP contribution in [-0.2, 0) is 4.79 Å². The molecular weight excluding hydrogens is 385 g/mol. The molecule has 0 saturated heterocycles. The first kappa shape index (κ1) is 15.3. The van der Waals surface area contributed by atoms with Gasteiger partial charge in [0.1, 0.15) is 5.75 Å². The third kappa shape index (κ3) is 4.75. The Morgan fingerprint density at radius 2 is 1.67 bits per heavy atom. The lowest BCUT2D eigenvalue weighted by molar-refractivity contribution is -0.118. The molecule has 2 rings (SSSR count). The Kier molecular flexibility index (Phi) is 5.15. The van der Waals surface area contributed by atoms with Crippen LogP contribution < -0.4 is 10.1 Å². The van der Waals surface area contributed by atoms with Gasteiger partial charge in [0.25, 0.3) is 5.91 Å². The van der Waals surface area contributed by atoms with Crippen molar-refractivity contribution in [2.24, 2.45) is 0 Å². The number of nitrogens with one attached hydrogen (secondary N) is 1. The lowest BCUT2D eigenvalue weighted by Gasteiger charge is -2.07. The first-order valence-electron chi connectivity index (χ1n) is 6.06. The Bertz CT molecular complexity index is 638. The second kappa shape index (κ2) is 7.07. The summed E-state index contributed by atoms with van der Waals surface area (Å²) in [4.78, 5) is 22.4. The van der Waals surface area contributed by atoms with Gasteiger partial charge in [-0.1, -0.05) is 0 Å². The fraction of sp³-hybridized carbons (Fsp3) is 0.0667. The highest BCUT2D eigenvalue weighted by atomic mass is 127. The topological polar surface area (TPSA) is 75.6 Å². The predicted molar refractivity (Wildman–Crippen MR) is 86.7 cm³/mol. The third-order valence-corrected chi connectivity index (χ3v) is 3.32. The molecule has 0 saturated carbocycles. The minimum absolute atomic E-state index is 0.110. The van der Waals surface area contributed by atoms with Crippen LogP contribution in [0.15, 0.2) is 48.5 Å².